The zero-order valence-electron chi connectivity index (χ0n) is 15.3. The molecule has 0 saturated carbocycles. The number of hydrogen-bond acceptors (Lipinski definition) is 5. The van der Waals surface area contributed by atoms with Crippen molar-refractivity contribution in [2.45, 2.75) is 32.9 Å². The van der Waals surface area contributed by atoms with Crippen LogP contribution in [0.25, 0.3) is 11.4 Å². The number of carbonyl (C=O) groups is 1. The second-order valence-electron chi connectivity index (χ2n) is 6.92. The minimum Gasteiger partial charge on any atom is -0.341 e. The SMILES string of the molecule is CC(C)CN(CC(C)C)C(=O)CSc1nnc(-c2ccccc2)n1N. The number of carbonyl (C=O) groups excluding carboxylic acids is 1. The number of benzene rings is 1. The van der Waals surface area contributed by atoms with E-state index >= 15 is 0 Å². The maximum absolute atomic E-state index is 12.6. The topological polar surface area (TPSA) is 77.0 Å². The lowest BCUT2D eigenvalue weighted by atomic mass is 10.1. The monoisotopic (exact) mass is 361 g/mol. The number of amides is 1. The summed E-state index contributed by atoms with van der Waals surface area (Å²) in [6.45, 7) is 10.0. The molecule has 0 unspecified atom stereocenters. The van der Waals surface area contributed by atoms with Crippen LogP contribution in [0.1, 0.15) is 27.7 Å². The first-order valence-electron chi connectivity index (χ1n) is 8.55. The highest BCUT2D eigenvalue weighted by Crippen LogP contribution is 2.21. The summed E-state index contributed by atoms with van der Waals surface area (Å²) < 4.78 is 1.45. The van der Waals surface area contributed by atoms with Crippen molar-refractivity contribution in [3.8, 4) is 11.4 Å². The van der Waals surface area contributed by atoms with Crippen molar-refractivity contribution in [3.05, 3.63) is 30.3 Å². The lowest BCUT2D eigenvalue weighted by Crippen LogP contribution is -2.38. The van der Waals surface area contributed by atoms with Gasteiger partial charge in [-0.3, -0.25) is 4.79 Å². The lowest BCUT2D eigenvalue weighted by molar-refractivity contribution is -0.129. The molecule has 0 spiro atoms. The maximum Gasteiger partial charge on any atom is 0.233 e. The van der Waals surface area contributed by atoms with Crippen LogP contribution in [-0.4, -0.2) is 44.5 Å². The van der Waals surface area contributed by atoms with E-state index in [-0.39, 0.29) is 5.91 Å². The van der Waals surface area contributed by atoms with Gasteiger partial charge < -0.3 is 10.7 Å². The molecule has 136 valence electrons. The van der Waals surface area contributed by atoms with E-state index in [9.17, 15) is 4.79 Å². The summed E-state index contributed by atoms with van der Waals surface area (Å²) >= 11 is 1.33. The van der Waals surface area contributed by atoms with Crippen LogP contribution in [0.15, 0.2) is 35.5 Å². The lowest BCUT2D eigenvalue weighted by Gasteiger charge is -2.26. The van der Waals surface area contributed by atoms with Gasteiger partial charge in [-0.05, 0) is 11.8 Å². The molecule has 0 aliphatic heterocycles. The highest BCUT2D eigenvalue weighted by atomic mass is 32.2. The van der Waals surface area contributed by atoms with Crippen LogP contribution < -0.4 is 5.84 Å². The zero-order valence-corrected chi connectivity index (χ0v) is 16.2. The van der Waals surface area contributed by atoms with Gasteiger partial charge in [0.2, 0.25) is 11.1 Å². The first kappa shape index (κ1) is 19.3. The van der Waals surface area contributed by atoms with Crippen molar-refractivity contribution in [1.29, 1.82) is 0 Å². The highest BCUT2D eigenvalue weighted by Gasteiger charge is 2.19. The molecule has 0 aliphatic carbocycles. The molecule has 0 radical (unpaired) electrons. The molecule has 6 nitrogen and oxygen atoms in total. The Bertz CT molecular complexity index is 674. The molecule has 2 aromatic rings. The van der Waals surface area contributed by atoms with Gasteiger partial charge in [0.15, 0.2) is 5.82 Å². The molecule has 0 saturated heterocycles. The zero-order chi connectivity index (χ0) is 18.4. The largest absolute Gasteiger partial charge is 0.341 e. The van der Waals surface area contributed by atoms with Gasteiger partial charge in [0.1, 0.15) is 0 Å². The maximum atomic E-state index is 12.6. The number of nitrogens with zero attached hydrogens (tertiary/aromatic N) is 4. The Hall–Kier alpha value is -2.02. The van der Waals surface area contributed by atoms with Crippen molar-refractivity contribution < 1.29 is 4.79 Å². The number of nitrogens with two attached hydrogens (primary N) is 1. The molecular weight excluding hydrogens is 334 g/mol. The first-order valence-corrected chi connectivity index (χ1v) is 9.53. The van der Waals surface area contributed by atoms with Crippen molar-refractivity contribution in [3.63, 3.8) is 0 Å². The van der Waals surface area contributed by atoms with Crippen LogP contribution in [0.2, 0.25) is 0 Å². The second-order valence-corrected chi connectivity index (χ2v) is 7.86. The van der Waals surface area contributed by atoms with Crippen LogP contribution in [0, 0.1) is 11.8 Å². The van der Waals surface area contributed by atoms with Gasteiger partial charge in [0.05, 0.1) is 5.75 Å². The molecule has 0 aliphatic rings. The molecule has 2 rings (SSSR count). The summed E-state index contributed by atoms with van der Waals surface area (Å²) in [7, 11) is 0. The quantitative estimate of drug-likeness (QED) is 0.578. The van der Waals surface area contributed by atoms with E-state index in [1.807, 2.05) is 35.2 Å². The summed E-state index contributed by atoms with van der Waals surface area (Å²) in [5.74, 6) is 8.00. The predicted octanol–water partition coefficient (Wildman–Crippen LogP) is 2.89. The van der Waals surface area contributed by atoms with Crippen LogP contribution in [-0.2, 0) is 4.79 Å². The van der Waals surface area contributed by atoms with Crippen molar-refractivity contribution in [2.75, 3.05) is 24.7 Å². The molecular formula is C18H27N5OS. The van der Waals surface area contributed by atoms with Gasteiger partial charge >= 0.3 is 0 Å². The average Bonchev–Trinajstić information content (AvgIpc) is 2.92. The summed E-state index contributed by atoms with van der Waals surface area (Å²) in [5.41, 5.74) is 0.900. The summed E-state index contributed by atoms with van der Waals surface area (Å²) in [5, 5.41) is 8.82. The third-order valence-corrected chi connectivity index (χ3v) is 4.47. The van der Waals surface area contributed by atoms with Gasteiger partial charge in [-0.15, -0.1) is 10.2 Å². The fourth-order valence-corrected chi connectivity index (χ4v) is 3.30. The summed E-state index contributed by atoms with van der Waals surface area (Å²) in [6, 6.07) is 9.65. The Morgan fingerprint density at radius 3 is 2.28 bits per heavy atom. The van der Waals surface area contributed by atoms with Crippen LogP contribution >= 0.6 is 11.8 Å². The van der Waals surface area contributed by atoms with E-state index in [1.165, 1.54) is 16.4 Å². The molecule has 1 aromatic carbocycles. The Morgan fingerprint density at radius 1 is 1.12 bits per heavy atom. The van der Waals surface area contributed by atoms with E-state index in [4.69, 9.17) is 5.84 Å². The number of nitrogen functional groups attached to an aromatic ring is 1. The minimum absolute atomic E-state index is 0.108. The molecule has 7 heteroatoms. The fourth-order valence-electron chi connectivity index (χ4n) is 2.54. The molecule has 1 amide bonds. The molecule has 0 fully saturated rings. The second kappa shape index (κ2) is 8.89. The van der Waals surface area contributed by atoms with Crippen LogP contribution in [0.5, 0.6) is 0 Å². The summed E-state index contributed by atoms with van der Waals surface area (Å²) in [6.07, 6.45) is 0. The smallest absolute Gasteiger partial charge is 0.233 e. The Labute approximate surface area is 153 Å². The molecule has 0 atom stereocenters. The van der Waals surface area contributed by atoms with E-state index in [0.29, 0.717) is 28.6 Å². The molecule has 1 aromatic heterocycles. The Morgan fingerprint density at radius 2 is 1.72 bits per heavy atom. The van der Waals surface area contributed by atoms with Gasteiger partial charge in [0, 0.05) is 18.7 Å². The minimum atomic E-state index is 0.108. The molecule has 1 heterocycles. The number of hydrogen-bond donors (Lipinski definition) is 1. The Balaban J connectivity index is 2.02. The number of rotatable bonds is 8. The van der Waals surface area contributed by atoms with Crippen LogP contribution in [0.3, 0.4) is 0 Å². The molecule has 25 heavy (non-hydrogen) atoms. The third kappa shape index (κ3) is 5.49. The normalized spacial score (nSPS) is 11.3. The predicted molar refractivity (Wildman–Crippen MR) is 103 cm³/mol. The third-order valence-electron chi connectivity index (χ3n) is 3.55. The fraction of sp³-hybridized carbons (Fsp3) is 0.500. The van der Waals surface area contributed by atoms with Gasteiger partial charge in [-0.2, -0.15) is 0 Å². The Kier molecular flexibility index (Phi) is 6.87. The van der Waals surface area contributed by atoms with Crippen LogP contribution in [0.4, 0.5) is 0 Å². The number of aromatic nitrogens is 3. The van der Waals surface area contributed by atoms with Gasteiger partial charge in [-0.1, -0.05) is 69.8 Å². The van der Waals surface area contributed by atoms with E-state index < -0.39 is 0 Å². The summed E-state index contributed by atoms with van der Waals surface area (Å²) in [4.78, 5) is 14.5. The highest BCUT2D eigenvalue weighted by molar-refractivity contribution is 7.99. The van der Waals surface area contributed by atoms with E-state index in [0.717, 1.165) is 18.7 Å². The van der Waals surface area contributed by atoms with E-state index in [1.54, 1.807) is 0 Å². The van der Waals surface area contributed by atoms with Crippen molar-refractivity contribution in [1.82, 2.24) is 19.8 Å². The van der Waals surface area contributed by atoms with Gasteiger partial charge in [-0.25, -0.2) is 4.68 Å². The molecule has 2 N–H and O–H groups in total. The first-order chi connectivity index (χ1) is 11.9. The number of thioether (sulfide) groups is 1. The van der Waals surface area contributed by atoms with Crippen molar-refractivity contribution >= 4 is 17.7 Å². The van der Waals surface area contributed by atoms with E-state index in [2.05, 4.69) is 37.9 Å². The van der Waals surface area contributed by atoms with Gasteiger partial charge in [0.25, 0.3) is 0 Å². The molecule has 0 bridgehead atoms. The van der Waals surface area contributed by atoms with Crippen molar-refractivity contribution in [2.24, 2.45) is 11.8 Å². The average molecular weight is 362 g/mol. The standard InChI is InChI=1S/C18H27N5OS/c1-13(2)10-22(11-14(3)4)16(24)12-25-18-21-20-17(23(18)19)15-8-6-5-7-9-15/h5-9,13-14H,10-12,19H2,1-4H3.